The highest BCUT2D eigenvalue weighted by molar-refractivity contribution is 5.90. The van der Waals surface area contributed by atoms with Crippen LogP contribution in [-0.4, -0.2) is 16.1 Å². The quantitative estimate of drug-likeness (QED) is 0.919. The first-order chi connectivity index (χ1) is 9.79. The molecule has 0 aliphatic rings. The molecule has 0 unspecified atom stereocenters. The zero-order valence-electron chi connectivity index (χ0n) is 12.7. The molecule has 1 aromatic heterocycles. The number of benzene rings is 1. The molecule has 21 heavy (non-hydrogen) atoms. The number of carbonyl (C=O) groups is 1. The second-order valence-corrected chi connectivity index (χ2v) is 6.03. The minimum absolute atomic E-state index is 0.0545. The van der Waals surface area contributed by atoms with Gasteiger partial charge in [0, 0.05) is 24.0 Å². The number of hydrogen-bond donors (Lipinski definition) is 1. The highest BCUT2D eigenvalue weighted by Gasteiger charge is 2.21. The van der Waals surface area contributed by atoms with Gasteiger partial charge >= 0.3 is 5.97 Å². The van der Waals surface area contributed by atoms with Crippen LogP contribution in [0.3, 0.4) is 0 Å². The predicted molar refractivity (Wildman–Crippen MR) is 81.1 cm³/mol. The first kappa shape index (κ1) is 15.0. The first-order valence-electron chi connectivity index (χ1n) is 6.75. The summed E-state index contributed by atoms with van der Waals surface area (Å²) in [6.45, 7) is 8.25. The maximum absolute atomic E-state index is 11.2. The van der Waals surface area contributed by atoms with Gasteiger partial charge in [-0.25, -0.2) is 4.79 Å². The summed E-state index contributed by atoms with van der Waals surface area (Å²) >= 11 is 0. The molecule has 1 N–H and O–H groups in total. The van der Waals surface area contributed by atoms with Gasteiger partial charge in [0.25, 0.3) is 0 Å². The van der Waals surface area contributed by atoms with Crippen LogP contribution in [0.15, 0.2) is 36.7 Å². The topological polar surface area (TPSA) is 59.4 Å². The molecule has 1 aromatic carbocycles. The Balaban J connectivity index is 2.49. The van der Waals surface area contributed by atoms with Crippen LogP contribution < -0.4 is 4.74 Å². The Hall–Kier alpha value is -2.36. The van der Waals surface area contributed by atoms with Crippen molar-refractivity contribution in [2.45, 2.75) is 33.1 Å². The number of nitrogens with zero attached hydrogens (tertiary/aromatic N) is 1. The predicted octanol–water partition coefficient (Wildman–Crippen LogP) is 4.18. The van der Waals surface area contributed by atoms with Gasteiger partial charge in [-0.3, -0.25) is 4.98 Å². The number of ether oxygens (including phenoxy) is 1. The van der Waals surface area contributed by atoms with Gasteiger partial charge in [0.2, 0.25) is 0 Å². The summed E-state index contributed by atoms with van der Waals surface area (Å²) in [6.07, 6.45) is 2.82. The fraction of sp³-hybridized carbons (Fsp3) is 0.294. The van der Waals surface area contributed by atoms with Crippen molar-refractivity contribution in [1.29, 1.82) is 0 Å². The van der Waals surface area contributed by atoms with Crippen LogP contribution in [0.25, 0.3) is 0 Å². The Bertz CT molecular complexity index is 672. The number of aromatic carboxylic acids is 1. The van der Waals surface area contributed by atoms with Crippen molar-refractivity contribution in [3.8, 4) is 11.5 Å². The molecule has 0 amide bonds. The van der Waals surface area contributed by atoms with Gasteiger partial charge in [0.1, 0.15) is 17.1 Å². The maximum atomic E-state index is 11.2. The molecule has 0 spiro atoms. The molecule has 0 atom stereocenters. The van der Waals surface area contributed by atoms with E-state index in [1.807, 2.05) is 25.1 Å². The van der Waals surface area contributed by atoms with Gasteiger partial charge < -0.3 is 9.84 Å². The summed E-state index contributed by atoms with van der Waals surface area (Å²) in [5, 5.41) is 9.21. The van der Waals surface area contributed by atoms with E-state index in [1.165, 1.54) is 12.4 Å². The van der Waals surface area contributed by atoms with E-state index in [0.29, 0.717) is 11.5 Å². The molecule has 1 heterocycles. The van der Waals surface area contributed by atoms with E-state index in [1.54, 1.807) is 6.07 Å². The van der Waals surface area contributed by atoms with Gasteiger partial charge in [0.15, 0.2) is 0 Å². The van der Waals surface area contributed by atoms with Gasteiger partial charge in [-0.15, -0.1) is 0 Å². The standard InChI is InChI=1S/C17H19NO3/c1-11-5-6-13(17(2,3)4)15(9-11)21-14-7-8-18-10-12(14)16(19)20/h5-10H,1-4H3,(H,19,20). The van der Waals surface area contributed by atoms with Gasteiger partial charge in [-0.2, -0.15) is 0 Å². The second-order valence-electron chi connectivity index (χ2n) is 6.03. The minimum atomic E-state index is -1.05. The van der Waals surface area contributed by atoms with E-state index in [2.05, 4.69) is 25.8 Å². The fourth-order valence-electron chi connectivity index (χ4n) is 2.08. The second kappa shape index (κ2) is 5.56. The van der Waals surface area contributed by atoms with Crippen LogP contribution in [0.4, 0.5) is 0 Å². The molecule has 4 nitrogen and oxygen atoms in total. The highest BCUT2D eigenvalue weighted by atomic mass is 16.5. The van der Waals surface area contributed by atoms with E-state index in [4.69, 9.17) is 4.74 Å². The molecule has 0 saturated carbocycles. The van der Waals surface area contributed by atoms with Crippen LogP contribution in [0, 0.1) is 6.92 Å². The smallest absolute Gasteiger partial charge is 0.341 e. The van der Waals surface area contributed by atoms with Gasteiger partial charge in [-0.1, -0.05) is 32.9 Å². The maximum Gasteiger partial charge on any atom is 0.341 e. The Morgan fingerprint density at radius 3 is 2.52 bits per heavy atom. The van der Waals surface area contributed by atoms with E-state index < -0.39 is 5.97 Å². The Kier molecular flexibility index (Phi) is 3.98. The lowest BCUT2D eigenvalue weighted by molar-refractivity contribution is 0.0693. The van der Waals surface area contributed by atoms with Crippen molar-refractivity contribution >= 4 is 5.97 Å². The molecule has 0 saturated heterocycles. The number of aryl methyl sites for hydroxylation is 1. The largest absolute Gasteiger partial charge is 0.477 e. The van der Waals surface area contributed by atoms with Crippen LogP contribution in [-0.2, 0) is 5.41 Å². The first-order valence-corrected chi connectivity index (χ1v) is 6.75. The molecule has 2 aromatic rings. The molecule has 0 radical (unpaired) electrons. The molecule has 0 fully saturated rings. The Labute approximate surface area is 124 Å². The fourth-order valence-corrected chi connectivity index (χ4v) is 2.08. The number of aromatic nitrogens is 1. The van der Waals surface area contributed by atoms with Crippen LogP contribution in [0.1, 0.15) is 42.3 Å². The third-order valence-electron chi connectivity index (χ3n) is 3.18. The lowest BCUT2D eigenvalue weighted by Gasteiger charge is -2.23. The van der Waals surface area contributed by atoms with Crippen molar-refractivity contribution in [3.63, 3.8) is 0 Å². The number of hydrogen-bond acceptors (Lipinski definition) is 3. The van der Waals surface area contributed by atoms with Crippen LogP contribution in [0.2, 0.25) is 0 Å². The lowest BCUT2D eigenvalue weighted by Crippen LogP contribution is -2.13. The van der Waals surface area contributed by atoms with Gasteiger partial charge in [0.05, 0.1) is 0 Å². The van der Waals surface area contributed by atoms with Crippen molar-refractivity contribution < 1.29 is 14.6 Å². The number of rotatable bonds is 3. The van der Waals surface area contributed by atoms with E-state index in [0.717, 1.165) is 11.1 Å². The number of carboxylic acid groups (broad SMARTS) is 1. The molecule has 2 rings (SSSR count). The minimum Gasteiger partial charge on any atom is -0.477 e. The normalized spacial score (nSPS) is 11.2. The van der Waals surface area contributed by atoms with E-state index in [-0.39, 0.29) is 11.0 Å². The summed E-state index contributed by atoms with van der Waals surface area (Å²) in [7, 11) is 0. The molecule has 0 bridgehead atoms. The highest BCUT2D eigenvalue weighted by Crippen LogP contribution is 2.35. The molecular formula is C17H19NO3. The SMILES string of the molecule is Cc1ccc(C(C)(C)C)c(Oc2ccncc2C(=O)O)c1. The molecule has 110 valence electrons. The lowest BCUT2D eigenvalue weighted by atomic mass is 9.86. The molecular weight excluding hydrogens is 266 g/mol. The van der Waals surface area contributed by atoms with E-state index >= 15 is 0 Å². The zero-order valence-corrected chi connectivity index (χ0v) is 12.7. The van der Waals surface area contributed by atoms with Gasteiger partial charge in [-0.05, 0) is 24.0 Å². The summed E-state index contributed by atoms with van der Waals surface area (Å²) in [5.74, 6) is -0.0761. The molecule has 4 heteroatoms. The average Bonchev–Trinajstić information content (AvgIpc) is 2.37. The monoisotopic (exact) mass is 285 g/mol. The number of pyridine rings is 1. The zero-order chi connectivity index (χ0) is 15.6. The summed E-state index contributed by atoms with van der Waals surface area (Å²) in [5.41, 5.74) is 2.04. The van der Waals surface area contributed by atoms with Crippen molar-refractivity contribution in [2.24, 2.45) is 0 Å². The number of carboxylic acids is 1. The van der Waals surface area contributed by atoms with Crippen molar-refractivity contribution in [2.75, 3.05) is 0 Å². The molecule has 0 aliphatic heterocycles. The summed E-state index contributed by atoms with van der Waals surface area (Å²) < 4.78 is 5.89. The van der Waals surface area contributed by atoms with Crippen molar-refractivity contribution in [3.05, 3.63) is 53.3 Å². The molecule has 0 aliphatic carbocycles. The average molecular weight is 285 g/mol. The third-order valence-corrected chi connectivity index (χ3v) is 3.18. The van der Waals surface area contributed by atoms with Crippen molar-refractivity contribution in [1.82, 2.24) is 4.98 Å². The van der Waals surface area contributed by atoms with E-state index in [9.17, 15) is 9.90 Å². The Morgan fingerprint density at radius 2 is 1.90 bits per heavy atom. The van der Waals surface area contributed by atoms with Crippen LogP contribution >= 0.6 is 0 Å². The third kappa shape index (κ3) is 3.40. The summed E-state index contributed by atoms with van der Waals surface area (Å²) in [6, 6.07) is 7.54. The summed E-state index contributed by atoms with van der Waals surface area (Å²) in [4.78, 5) is 15.1. The van der Waals surface area contributed by atoms with Crippen LogP contribution in [0.5, 0.6) is 11.5 Å². The Morgan fingerprint density at radius 1 is 1.19 bits per heavy atom.